The summed E-state index contributed by atoms with van der Waals surface area (Å²) in [5, 5.41) is 0.733. The number of aromatic nitrogens is 1. The number of para-hydroxylation sites is 1. The maximum atomic E-state index is 14.1. The molecule has 2 aliphatic rings. The molecule has 1 unspecified atom stereocenters. The first-order valence-corrected chi connectivity index (χ1v) is 25.5. The van der Waals surface area contributed by atoms with E-state index >= 15 is 0 Å². The molecule has 2 aromatic carbocycles. The quantitative estimate of drug-likeness (QED) is 0.198. The molecule has 6 nitrogen and oxygen atoms in total. The third-order valence-electron chi connectivity index (χ3n) is 8.72. The van der Waals surface area contributed by atoms with Gasteiger partial charge in [0, 0.05) is 0 Å². The molecule has 2 atom stereocenters. The van der Waals surface area contributed by atoms with Gasteiger partial charge in [0.1, 0.15) is 0 Å². The molecule has 2 aliphatic heterocycles. The van der Waals surface area contributed by atoms with Crippen molar-refractivity contribution in [3.8, 4) is 0 Å². The van der Waals surface area contributed by atoms with E-state index in [0.717, 1.165) is 5.39 Å². The summed E-state index contributed by atoms with van der Waals surface area (Å²) in [7, 11) is 0. The second kappa shape index (κ2) is 12.5. The molecule has 0 aliphatic carbocycles. The Balaban J connectivity index is 1.57. The molecule has 0 N–H and O–H groups in total. The normalized spacial score (nSPS) is 19.8. The Kier molecular flexibility index (Phi) is 9.37. The molecule has 0 radical (unpaired) electrons. The Labute approximate surface area is 274 Å². The predicted molar refractivity (Wildman–Crippen MR) is 170 cm³/mol. The van der Waals surface area contributed by atoms with Crippen LogP contribution in [0.15, 0.2) is 58.3 Å². The summed E-state index contributed by atoms with van der Waals surface area (Å²) >= 11 is -2.46. The van der Waals surface area contributed by atoms with Crippen LogP contribution in [0.5, 0.6) is 0 Å². The van der Waals surface area contributed by atoms with Crippen LogP contribution in [0.4, 0.5) is 31.1 Å². The van der Waals surface area contributed by atoms with Crippen LogP contribution >= 0.6 is 0 Å². The summed E-state index contributed by atoms with van der Waals surface area (Å²) in [6.07, 6.45) is -6.05. The van der Waals surface area contributed by atoms with E-state index in [2.05, 4.69) is 25.8 Å². The zero-order chi connectivity index (χ0) is 34.7. The Morgan fingerprint density at radius 3 is 2.11 bits per heavy atom. The third kappa shape index (κ3) is 7.84. The van der Waals surface area contributed by atoms with Crippen LogP contribution in [0, 0.1) is 0 Å². The van der Waals surface area contributed by atoms with Gasteiger partial charge in [0.15, 0.2) is 0 Å². The molecule has 5 rings (SSSR count). The number of fused-ring (bicyclic) bond motifs is 2. The number of amides is 1. The van der Waals surface area contributed by atoms with Gasteiger partial charge in [-0.15, -0.1) is 0 Å². The molecule has 47 heavy (non-hydrogen) atoms. The Bertz CT molecular complexity index is 1680. The van der Waals surface area contributed by atoms with Crippen molar-refractivity contribution in [3.05, 3.63) is 80.6 Å². The number of carbonyl (C=O) groups is 2. The molecule has 1 aromatic heterocycles. The second-order valence-corrected chi connectivity index (χ2v) is 29.1. The topological polar surface area (TPSA) is 54.8 Å². The van der Waals surface area contributed by atoms with Crippen LogP contribution in [0.25, 0.3) is 10.9 Å². The Morgan fingerprint density at radius 2 is 1.53 bits per heavy atom. The van der Waals surface area contributed by atoms with Crippen LogP contribution in [-0.4, -0.2) is 82.1 Å². The molecule has 1 fully saturated rings. The molecule has 0 bridgehead atoms. The van der Waals surface area contributed by atoms with E-state index < -0.39 is 71.1 Å². The monoisotopic (exact) mass is 771 g/mol. The number of hydrogen-bond donors (Lipinski definition) is 0. The van der Waals surface area contributed by atoms with Crippen molar-refractivity contribution < 1.29 is 40.7 Å². The van der Waals surface area contributed by atoms with Crippen molar-refractivity contribution in [2.24, 2.45) is 0 Å². The second-order valence-electron chi connectivity index (χ2n) is 14.4. The number of benzene rings is 2. The fourth-order valence-electron chi connectivity index (χ4n) is 6.33. The van der Waals surface area contributed by atoms with Gasteiger partial charge < -0.3 is 0 Å². The van der Waals surface area contributed by atoms with E-state index in [4.69, 9.17) is 4.74 Å². The number of hydrogen-bond acceptors (Lipinski definition) is 4. The fraction of sp³-hybridized carbons (Fsp3) is 0.471. The van der Waals surface area contributed by atoms with Gasteiger partial charge in [0.25, 0.3) is 0 Å². The third-order valence-corrected chi connectivity index (χ3v) is 15.3. The van der Waals surface area contributed by atoms with E-state index in [-0.39, 0.29) is 25.1 Å². The first-order chi connectivity index (χ1) is 21.6. The number of carbonyl (C=O) groups excluding carboxylic acids is 2. The van der Waals surface area contributed by atoms with Crippen molar-refractivity contribution in [2.45, 2.75) is 78.5 Å². The van der Waals surface area contributed by atoms with Gasteiger partial charge >= 0.3 is 254 Å². The summed E-state index contributed by atoms with van der Waals surface area (Å²) in [6, 6.07) is 7.49. The standard InChI is InChI=1S/C31H30F6N3O3.3CH3.Sn/c1-29(2,3)43-28(42)40-16-20(25-9-4-5-10-26(25)40)14-24-17-38-11-7-6-8-23(38)18-39(24)27(41)19-12-21(30(32,33)34)15-22(13-19)31(35,36)37;;;;/h4-6,9-10,12-13,15-16,23-24H,8,11,14,17-18H2,1-3H3;3*1H3;/t23?,24-;;;;/m1..../s1. The van der Waals surface area contributed by atoms with Gasteiger partial charge in [0.2, 0.25) is 0 Å². The molecular weight excluding hydrogens is 731 g/mol. The summed E-state index contributed by atoms with van der Waals surface area (Å²) in [4.78, 5) is 37.9. The van der Waals surface area contributed by atoms with Crippen molar-refractivity contribution in [2.75, 3.05) is 19.6 Å². The molecule has 1 amide bonds. The molecule has 0 saturated carbocycles. The van der Waals surface area contributed by atoms with E-state index in [1.807, 2.05) is 12.1 Å². The number of nitrogens with zero attached hydrogens (tertiary/aromatic N) is 3. The summed E-state index contributed by atoms with van der Waals surface area (Å²) < 4.78 is 90.9. The van der Waals surface area contributed by atoms with E-state index in [1.165, 1.54) is 13.1 Å². The fourth-order valence-corrected chi connectivity index (χ4v) is 10.3. The van der Waals surface area contributed by atoms with Crippen LogP contribution in [-0.2, 0) is 23.5 Å². The summed E-state index contributed by atoms with van der Waals surface area (Å²) in [5.74, 6) is -0.896. The molecule has 1 saturated heterocycles. The van der Waals surface area contributed by atoms with Gasteiger partial charge in [-0.05, 0) is 20.8 Å². The van der Waals surface area contributed by atoms with Crippen LogP contribution in [0.1, 0.15) is 54.2 Å². The number of alkyl halides is 6. The molecule has 3 aromatic rings. The number of piperazine rings is 1. The number of ether oxygens (including phenoxy) is 1. The van der Waals surface area contributed by atoms with Gasteiger partial charge in [-0.25, -0.2) is 0 Å². The minimum absolute atomic E-state index is 0.0313. The molecule has 3 heterocycles. The Hall–Kier alpha value is -3.00. The molecule has 0 spiro atoms. The van der Waals surface area contributed by atoms with Gasteiger partial charge in [-0.1, -0.05) is 0 Å². The first kappa shape index (κ1) is 35.3. The van der Waals surface area contributed by atoms with Crippen molar-refractivity contribution in [1.82, 2.24) is 14.4 Å². The van der Waals surface area contributed by atoms with Gasteiger partial charge in [-0.3, -0.25) is 0 Å². The zero-order valence-corrected chi connectivity index (χ0v) is 30.1. The van der Waals surface area contributed by atoms with Gasteiger partial charge in [-0.2, -0.15) is 0 Å². The van der Waals surface area contributed by atoms with Crippen molar-refractivity contribution in [1.29, 1.82) is 0 Å². The van der Waals surface area contributed by atoms with Crippen molar-refractivity contribution >= 4 is 41.3 Å². The first-order valence-electron chi connectivity index (χ1n) is 15.5. The number of rotatable bonds is 4. The van der Waals surface area contributed by atoms with Gasteiger partial charge in [0.05, 0.1) is 0 Å². The van der Waals surface area contributed by atoms with Crippen molar-refractivity contribution in [3.63, 3.8) is 0 Å². The maximum absolute atomic E-state index is 14.1. The minimum atomic E-state index is -5.08. The average molecular weight is 770 g/mol. The summed E-state index contributed by atoms with van der Waals surface area (Å²) in [6.45, 7) is 6.47. The number of halogens is 6. The average Bonchev–Trinajstić information content (AvgIpc) is 3.32. The Morgan fingerprint density at radius 1 is 0.915 bits per heavy atom. The molecular formula is C34H39F6N3O3Sn. The van der Waals surface area contributed by atoms with E-state index in [0.29, 0.717) is 42.7 Å². The SMILES string of the molecule is CC(C)(C)OC(=O)n1cc(C[C@@H]2CN3C[C]([Sn]([CH3])([CH3])[CH3])=CCC3CN2C(=O)c2cc(C(F)(F)F)cc(C(F)(F)F)c2)c2ccccc21. The van der Waals surface area contributed by atoms with E-state index in [9.17, 15) is 35.9 Å². The molecule has 13 heteroatoms. The summed E-state index contributed by atoms with van der Waals surface area (Å²) in [5.41, 5.74) is -3.21. The van der Waals surface area contributed by atoms with E-state index in [1.54, 1.807) is 39.1 Å². The predicted octanol–water partition coefficient (Wildman–Crippen LogP) is 8.41. The van der Waals surface area contributed by atoms with Crippen LogP contribution in [0.3, 0.4) is 0 Å². The molecule has 254 valence electrons. The van der Waals surface area contributed by atoms with Crippen LogP contribution in [0.2, 0.25) is 14.8 Å². The zero-order valence-electron chi connectivity index (χ0n) is 27.2. The van der Waals surface area contributed by atoms with Crippen LogP contribution < -0.4 is 0 Å².